The number of nitrogens with one attached hydrogen (secondary N) is 1. The maximum atomic E-state index is 10.9. The Labute approximate surface area is 172 Å². The lowest BCUT2D eigenvalue weighted by Gasteiger charge is -2.36. The van der Waals surface area contributed by atoms with Crippen molar-refractivity contribution in [1.29, 1.82) is 0 Å². The van der Waals surface area contributed by atoms with Crippen LogP contribution in [0.15, 0.2) is 24.3 Å². The first-order valence-corrected chi connectivity index (χ1v) is 10.5. The molecule has 0 unspecified atom stereocenters. The average molecular weight is 406 g/mol. The zero-order valence-corrected chi connectivity index (χ0v) is 17.9. The largest absolute Gasteiger partial charge is 0.347 e. The van der Waals surface area contributed by atoms with Gasteiger partial charge in [0.05, 0.1) is 6.54 Å². The summed E-state index contributed by atoms with van der Waals surface area (Å²) < 4.78 is 1.82. The number of halogens is 1. The molecule has 1 saturated carbocycles. The first kappa shape index (κ1) is 22.4. The van der Waals surface area contributed by atoms with Gasteiger partial charge in [-0.15, -0.1) is 10.2 Å². The molecule has 0 atom stereocenters. The number of aryl methyl sites for hydroxylation is 1. The number of rotatable bonds is 2. The Morgan fingerprint density at radius 2 is 1.93 bits per heavy atom. The monoisotopic (exact) mass is 405 g/mol. The van der Waals surface area contributed by atoms with Crippen LogP contribution in [0.1, 0.15) is 63.2 Å². The van der Waals surface area contributed by atoms with Crippen LogP contribution in [-0.4, -0.2) is 27.2 Å². The average Bonchev–Trinajstić information content (AvgIpc) is 3.10. The second-order valence-electron chi connectivity index (χ2n) is 7.08. The molecule has 3 N–H and O–H groups in total. The van der Waals surface area contributed by atoms with Gasteiger partial charge in [0.25, 0.3) is 0 Å². The molecule has 0 radical (unpaired) electrons. The Hall–Kier alpha value is -1.92. The van der Waals surface area contributed by atoms with Crippen molar-refractivity contribution in [3.05, 3.63) is 46.5 Å². The number of nitrogens with two attached hydrogens (primary N) is 1. The highest BCUT2D eigenvalue weighted by Gasteiger charge is 2.32. The summed E-state index contributed by atoms with van der Waals surface area (Å²) >= 11 is 6.04. The summed E-state index contributed by atoms with van der Waals surface area (Å²) in [7, 11) is 0. The standard InChI is InChI=1S/C13H18ClN.C6H8N4O.C2H6/c14-12-6-4-5-11(9-12)13(10-15)7-2-1-3-8-13;1-4-8-9-5-2-7-6(11)3-10(4)5;1-2/h4-6,9H,1-3,7-8,10,15H2;2-3H2,1H3,(H,7,11);1-2H3. The van der Waals surface area contributed by atoms with E-state index in [0.717, 1.165) is 23.2 Å². The molecular formula is C21H32ClN5O. The van der Waals surface area contributed by atoms with E-state index >= 15 is 0 Å². The van der Waals surface area contributed by atoms with Crippen LogP contribution in [0.4, 0.5) is 0 Å². The summed E-state index contributed by atoms with van der Waals surface area (Å²) in [5.74, 6) is 1.66. The topological polar surface area (TPSA) is 85.8 Å². The summed E-state index contributed by atoms with van der Waals surface area (Å²) in [4.78, 5) is 10.9. The van der Waals surface area contributed by atoms with E-state index < -0.39 is 0 Å². The summed E-state index contributed by atoms with van der Waals surface area (Å²) in [6, 6.07) is 8.21. The molecule has 1 aliphatic heterocycles. The highest BCUT2D eigenvalue weighted by Crippen LogP contribution is 2.39. The van der Waals surface area contributed by atoms with Crippen molar-refractivity contribution in [3.8, 4) is 0 Å². The van der Waals surface area contributed by atoms with Crippen LogP contribution in [-0.2, 0) is 23.3 Å². The van der Waals surface area contributed by atoms with Crippen molar-refractivity contribution in [3.63, 3.8) is 0 Å². The summed E-state index contributed by atoms with van der Waals surface area (Å²) in [6.45, 7) is 7.44. The Balaban J connectivity index is 0.000000191. The molecular weight excluding hydrogens is 374 g/mol. The predicted octanol–water partition coefficient (Wildman–Crippen LogP) is 3.74. The molecule has 1 fully saturated rings. The quantitative estimate of drug-likeness (QED) is 0.796. The smallest absolute Gasteiger partial charge is 0.240 e. The molecule has 1 aliphatic carbocycles. The minimum Gasteiger partial charge on any atom is -0.347 e. The third-order valence-corrected chi connectivity index (χ3v) is 5.63. The summed E-state index contributed by atoms with van der Waals surface area (Å²) in [6.07, 6.45) is 6.36. The van der Waals surface area contributed by atoms with Crippen molar-refractivity contribution in [2.75, 3.05) is 6.54 Å². The van der Waals surface area contributed by atoms with Crippen LogP contribution in [0.3, 0.4) is 0 Å². The molecule has 28 heavy (non-hydrogen) atoms. The van der Waals surface area contributed by atoms with E-state index in [-0.39, 0.29) is 11.3 Å². The lowest BCUT2D eigenvalue weighted by molar-refractivity contribution is -0.122. The fraction of sp³-hybridized carbons (Fsp3) is 0.571. The van der Waals surface area contributed by atoms with Gasteiger partial charge in [0.15, 0.2) is 5.82 Å². The van der Waals surface area contributed by atoms with Crippen LogP contribution < -0.4 is 11.1 Å². The zero-order valence-electron chi connectivity index (χ0n) is 17.2. The number of aromatic nitrogens is 3. The van der Waals surface area contributed by atoms with Crippen LogP contribution in [0.2, 0.25) is 5.02 Å². The van der Waals surface area contributed by atoms with Crippen molar-refractivity contribution in [1.82, 2.24) is 20.1 Å². The third kappa shape index (κ3) is 5.32. The predicted molar refractivity (Wildman–Crippen MR) is 113 cm³/mol. The van der Waals surface area contributed by atoms with Gasteiger partial charge >= 0.3 is 0 Å². The number of fused-ring (bicyclic) bond motifs is 1. The molecule has 2 aliphatic rings. The highest BCUT2D eigenvalue weighted by molar-refractivity contribution is 6.30. The second kappa shape index (κ2) is 10.6. The number of hydrogen-bond acceptors (Lipinski definition) is 4. The van der Waals surface area contributed by atoms with Gasteiger partial charge in [-0.1, -0.05) is 56.8 Å². The van der Waals surface area contributed by atoms with Crippen molar-refractivity contribution < 1.29 is 4.79 Å². The lowest BCUT2D eigenvalue weighted by atomic mass is 9.69. The Kier molecular flexibility index (Phi) is 8.45. The van der Waals surface area contributed by atoms with E-state index in [1.807, 2.05) is 37.5 Å². The molecule has 2 aromatic rings. The molecule has 0 spiro atoms. The third-order valence-electron chi connectivity index (χ3n) is 5.40. The molecule has 2 heterocycles. The van der Waals surface area contributed by atoms with Crippen molar-refractivity contribution >= 4 is 17.5 Å². The Morgan fingerprint density at radius 1 is 1.21 bits per heavy atom. The minimum atomic E-state index is 0.0281. The van der Waals surface area contributed by atoms with Gasteiger partial charge in [0.1, 0.15) is 12.4 Å². The van der Waals surface area contributed by atoms with Gasteiger partial charge in [-0.3, -0.25) is 4.79 Å². The van der Waals surface area contributed by atoms with Crippen molar-refractivity contribution in [2.24, 2.45) is 5.73 Å². The van der Waals surface area contributed by atoms with Gasteiger partial charge in [-0.25, -0.2) is 0 Å². The van der Waals surface area contributed by atoms with Crippen LogP contribution in [0.5, 0.6) is 0 Å². The minimum absolute atomic E-state index is 0.0281. The molecule has 4 rings (SSSR count). The van der Waals surface area contributed by atoms with Gasteiger partial charge in [0.2, 0.25) is 5.91 Å². The maximum Gasteiger partial charge on any atom is 0.240 e. The molecule has 1 aromatic heterocycles. The van der Waals surface area contributed by atoms with E-state index in [9.17, 15) is 4.79 Å². The van der Waals surface area contributed by atoms with Crippen LogP contribution >= 0.6 is 11.6 Å². The summed E-state index contributed by atoms with van der Waals surface area (Å²) in [5.41, 5.74) is 7.51. The highest BCUT2D eigenvalue weighted by atomic mass is 35.5. The molecule has 6 nitrogen and oxygen atoms in total. The SMILES string of the molecule is CC.Cc1nnc2n1CC(=O)NC2.NCC1(c2cccc(Cl)c2)CCCCC1. The number of benzene rings is 1. The first-order valence-electron chi connectivity index (χ1n) is 10.2. The van der Waals surface area contributed by atoms with E-state index in [4.69, 9.17) is 17.3 Å². The first-order chi connectivity index (χ1) is 13.5. The molecule has 1 aromatic carbocycles. The van der Waals surface area contributed by atoms with E-state index in [1.165, 1.54) is 37.7 Å². The number of carbonyl (C=O) groups excluding carboxylic acids is 1. The Morgan fingerprint density at radius 3 is 2.57 bits per heavy atom. The number of amides is 1. The van der Waals surface area contributed by atoms with Gasteiger partial charge in [0, 0.05) is 17.0 Å². The van der Waals surface area contributed by atoms with E-state index in [2.05, 4.69) is 27.6 Å². The van der Waals surface area contributed by atoms with Crippen LogP contribution in [0.25, 0.3) is 0 Å². The number of nitrogens with zero attached hydrogens (tertiary/aromatic N) is 3. The molecule has 7 heteroatoms. The summed E-state index contributed by atoms with van der Waals surface area (Å²) in [5, 5.41) is 11.3. The van der Waals surface area contributed by atoms with Gasteiger partial charge in [-0.05, 0) is 37.5 Å². The molecule has 0 saturated heterocycles. The molecule has 0 bridgehead atoms. The second-order valence-corrected chi connectivity index (χ2v) is 7.52. The van der Waals surface area contributed by atoms with Gasteiger partial charge < -0.3 is 15.6 Å². The van der Waals surface area contributed by atoms with Crippen molar-refractivity contribution in [2.45, 2.75) is 71.4 Å². The van der Waals surface area contributed by atoms with Gasteiger partial charge in [-0.2, -0.15) is 0 Å². The fourth-order valence-electron chi connectivity index (χ4n) is 3.80. The number of carbonyl (C=O) groups is 1. The zero-order chi connectivity index (χ0) is 20.6. The molecule has 154 valence electrons. The number of hydrogen-bond donors (Lipinski definition) is 2. The normalized spacial score (nSPS) is 17.2. The van der Waals surface area contributed by atoms with Crippen LogP contribution in [0, 0.1) is 6.92 Å². The molecule has 1 amide bonds. The maximum absolute atomic E-state index is 10.9. The fourth-order valence-corrected chi connectivity index (χ4v) is 3.99. The van der Waals surface area contributed by atoms with E-state index in [0.29, 0.717) is 13.1 Å². The lowest BCUT2D eigenvalue weighted by Crippen LogP contribution is -2.37. The van der Waals surface area contributed by atoms with E-state index in [1.54, 1.807) is 0 Å². The Bertz CT molecular complexity index is 768.